The van der Waals surface area contributed by atoms with Gasteiger partial charge >= 0.3 is 6.18 Å². The van der Waals surface area contributed by atoms with E-state index in [0.29, 0.717) is 16.8 Å². The second kappa shape index (κ2) is 8.04. The van der Waals surface area contributed by atoms with Crippen LogP contribution in [-0.4, -0.2) is 10.9 Å². The summed E-state index contributed by atoms with van der Waals surface area (Å²) in [6.07, 6.45) is -0.619. The van der Waals surface area contributed by atoms with Crippen molar-refractivity contribution in [3.63, 3.8) is 0 Å². The number of nitrogens with one attached hydrogen (secondary N) is 1. The number of benzene rings is 2. The zero-order valence-corrected chi connectivity index (χ0v) is 14.4. The fourth-order valence-electron chi connectivity index (χ4n) is 2.52. The zero-order chi connectivity index (χ0) is 20.1. The third-order valence-electron chi connectivity index (χ3n) is 3.85. The highest BCUT2D eigenvalue weighted by Crippen LogP contribution is 2.34. The summed E-state index contributed by atoms with van der Waals surface area (Å²) in [5, 5.41) is 2.22. The van der Waals surface area contributed by atoms with E-state index >= 15 is 0 Å². The molecule has 1 amide bonds. The Kier molecular flexibility index (Phi) is 5.54. The zero-order valence-electron chi connectivity index (χ0n) is 14.4. The van der Waals surface area contributed by atoms with Crippen molar-refractivity contribution in [2.75, 3.05) is 5.32 Å². The molecule has 1 heterocycles. The molecule has 0 saturated heterocycles. The number of amides is 1. The van der Waals surface area contributed by atoms with E-state index in [1.165, 1.54) is 36.5 Å². The molecule has 0 spiro atoms. The van der Waals surface area contributed by atoms with Crippen LogP contribution in [0.3, 0.4) is 0 Å². The van der Waals surface area contributed by atoms with Crippen LogP contribution in [0.15, 0.2) is 72.9 Å². The molecule has 0 unspecified atom stereocenters. The Morgan fingerprint density at radius 1 is 0.964 bits per heavy atom. The number of nitrogens with zero attached hydrogens (tertiary/aromatic N) is 1. The Morgan fingerprint density at radius 3 is 2.36 bits per heavy atom. The molecule has 3 aromatic rings. The number of carbonyl (C=O) groups is 1. The van der Waals surface area contributed by atoms with Gasteiger partial charge in [-0.05, 0) is 42.0 Å². The van der Waals surface area contributed by atoms with Crippen molar-refractivity contribution in [3.8, 4) is 11.3 Å². The summed E-state index contributed by atoms with van der Waals surface area (Å²) < 4.78 is 52.6. The first-order chi connectivity index (χ1) is 13.3. The third-order valence-corrected chi connectivity index (χ3v) is 3.85. The Hall–Kier alpha value is -3.48. The van der Waals surface area contributed by atoms with Crippen molar-refractivity contribution < 1.29 is 22.4 Å². The van der Waals surface area contributed by atoms with Crippen molar-refractivity contribution in [2.45, 2.75) is 6.18 Å². The maximum atomic E-state index is 13.8. The summed E-state index contributed by atoms with van der Waals surface area (Å²) in [7, 11) is 0. The lowest BCUT2D eigenvalue weighted by Crippen LogP contribution is -2.14. The molecule has 0 atom stereocenters. The molecule has 3 rings (SSSR count). The average molecular weight is 386 g/mol. The number of carbonyl (C=O) groups excluding carboxylic acids is 1. The van der Waals surface area contributed by atoms with Crippen molar-refractivity contribution in [3.05, 3.63) is 89.9 Å². The molecule has 0 fully saturated rings. The van der Waals surface area contributed by atoms with Gasteiger partial charge in [0.05, 0.1) is 16.9 Å². The van der Waals surface area contributed by atoms with E-state index in [2.05, 4.69) is 10.3 Å². The smallest absolute Gasteiger partial charge is 0.322 e. The third kappa shape index (κ3) is 4.62. The largest absolute Gasteiger partial charge is 0.418 e. The summed E-state index contributed by atoms with van der Waals surface area (Å²) in [5.41, 5.74) is 0.0722. The summed E-state index contributed by atoms with van der Waals surface area (Å²) in [6.45, 7) is 0. The minimum absolute atomic E-state index is 0.322. The van der Waals surface area contributed by atoms with Gasteiger partial charge in [-0.25, -0.2) is 4.39 Å². The molecule has 0 radical (unpaired) electrons. The molecule has 1 N–H and O–H groups in total. The first-order valence-electron chi connectivity index (χ1n) is 8.21. The number of rotatable bonds is 4. The second-order valence-corrected chi connectivity index (χ2v) is 5.82. The highest BCUT2D eigenvalue weighted by atomic mass is 19.4. The monoisotopic (exact) mass is 386 g/mol. The highest BCUT2D eigenvalue weighted by molar-refractivity contribution is 6.02. The minimum Gasteiger partial charge on any atom is -0.322 e. The van der Waals surface area contributed by atoms with Gasteiger partial charge in [0.25, 0.3) is 0 Å². The van der Waals surface area contributed by atoms with Gasteiger partial charge in [0.2, 0.25) is 5.91 Å². The predicted octanol–water partition coefficient (Wildman–Crippen LogP) is 5.56. The van der Waals surface area contributed by atoms with Gasteiger partial charge in [-0.1, -0.05) is 30.3 Å². The molecule has 1 aromatic heterocycles. The lowest BCUT2D eigenvalue weighted by molar-refractivity contribution is -0.136. The van der Waals surface area contributed by atoms with Crippen LogP contribution in [0.1, 0.15) is 11.1 Å². The predicted molar refractivity (Wildman–Crippen MR) is 98.7 cm³/mol. The molecule has 0 aliphatic carbocycles. The number of hydrogen-bond donors (Lipinski definition) is 1. The molecule has 2 aromatic carbocycles. The van der Waals surface area contributed by atoms with Gasteiger partial charge in [0.1, 0.15) is 5.82 Å². The van der Waals surface area contributed by atoms with E-state index in [4.69, 9.17) is 0 Å². The molecule has 0 aliphatic rings. The van der Waals surface area contributed by atoms with Crippen molar-refractivity contribution >= 4 is 17.7 Å². The lowest BCUT2D eigenvalue weighted by Gasteiger charge is -2.12. The first kappa shape index (κ1) is 19.3. The van der Waals surface area contributed by atoms with Crippen LogP contribution in [-0.2, 0) is 11.0 Å². The average Bonchev–Trinajstić information content (AvgIpc) is 2.67. The normalized spacial score (nSPS) is 11.6. The SMILES string of the molecule is O=C(C=Cc1ccc(-c2ccccc2F)nc1)Nc1ccccc1C(F)(F)F. The van der Waals surface area contributed by atoms with Crippen LogP contribution >= 0.6 is 0 Å². The molecule has 0 aliphatic heterocycles. The van der Waals surface area contributed by atoms with Gasteiger partial charge < -0.3 is 5.32 Å². The van der Waals surface area contributed by atoms with Crippen LogP contribution in [0, 0.1) is 5.82 Å². The number of hydrogen-bond acceptors (Lipinski definition) is 2. The van der Waals surface area contributed by atoms with Crippen LogP contribution in [0.5, 0.6) is 0 Å². The number of pyridine rings is 1. The van der Waals surface area contributed by atoms with E-state index in [0.717, 1.165) is 12.1 Å². The number of anilines is 1. The molecule has 3 nitrogen and oxygen atoms in total. The molecule has 28 heavy (non-hydrogen) atoms. The maximum absolute atomic E-state index is 13.8. The minimum atomic E-state index is -4.57. The highest BCUT2D eigenvalue weighted by Gasteiger charge is 2.33. The number of aromatic nitrogens is 1. The molecule has 0 bridgehead atoms. The van der Waals surface area contributed by atoms with Gasteiger partial charge in [-0.15, -0.1) is 0 Å². The van der Waals surface area contributed by atoms with Gasteiger partial charge in [0.15, 0.2) is 0 Å². The molecular formula is C21H14F4N2O. The standard InChI is InChI=1S/C21H14F4N2O/c22-17-7-3-1-5-15(17)18-11-9-14(13-26-18)10-12-20(28)27-19-8-4-2-6-16(19)21(23,24)25/h1-13H,(H,27,28). The lowest BCUT2D eigenvalue weighted by atomic mass is 10.1. The summed E-state index contributed by atoms with van der Waals surface area (Å²) in [5.74, 6) is -1.11. The summed E-state index contributed by atoms with van der Waals surface area (Å²) in [6, 6.07) is 14.1. The number of para-hydroxylation sites is 1. The van der Waals surface area contributed by atoms with E-state index in [1.54, 1.807) is 30.3 Å². The fraction of sp³-hybridized carbons (Fsp3) is 0.0476. The van der Waals surface area contributed by atoms with E-state index in [1.807, 2.05) is 0 Å². The maximum Gasteiger partial charge on any atom is 0.418 e. The van der Waals surface area contributed by atoms with Crippen LogP contribution in [0.2, 0.25) is 0 Å². The molecular weight excluding hydrogens is 372 g/mol. The topological polar surface area (TPSA) is 42.0 Å². The summed E-state index contributed by atoms with van der Waals surface area (Å²) >= 11 is 0. The van der Waals surface area contributed by atoms with E-state index in [9.17, 15) is 22.4 Å². The Morgan fingerprint density at radius 2 is 1.68 bits per heavy atom. The second-order valence-electron chi connectivity index (χ2n) is 5.82. The quantitative estimate of drug-likeness (QED) is 0.471. The van der Waals surface area contributed by atoms with E-state index < -0.39 is 23.5 Å². The van der Waals surface area contributed by atoms with Crippen molar-refractivity contribution in [1.29, 1.82) is 0 Å². The van der Waals surface area contributed by atoms with Crippen LogP contribution in [0.4, 0.5) is 23.2 Å². The summed E-state index contributed by atoms with van der Waals surface area (Å²) in [4.78, 5) is 16.1. The van der Waals surface area contributed by atoms with Crippen LogP contribution in [0.25, 0.3) is 17.3 Å². The fourth-order valence-corrected chi connectivity index (χ4v) is 2.52. The molecule has 0 saturated carbocycles. The first-order valence-corrected chi connectivity index (χ1v) is 8.21. The number of halogens is 4. The van der Waals surface area contributed by atoms with Gasteiger partial charge in [-0.2, -0.15) is 13.2 Å². The molecule has 7 heteroatoms. The Bertz CT molecular complexity index is 1010. The number of alkyl halides is 3. The van der Waals surface area contributed by atoms with Gasteiger partial charge in [-0.3, -0.25) is 9.78 Å². The van der Waals surface area contributed by atoms with Crippen molar-refractivity contribution in [2.24, 2.45) is 0 Å². The Balaban J connectivity index is 1.71. The molecule has 142 valence electrons. The van der Waals surface area contributed by atoms with Crippen molar-refractivity contribution in [1.82, 2.24) is 4.98 Å². The Labute approximate surface area is 158 Å². The van der Waals surface area contributed by atoms with Crippen LogP contribution < -0.4 is 5.32 Å². The van der Waals surface area contributed by atoms with E-state index in [-0.39, 0.29) is 5.69 Å². The van der Waals surface area contributed by atoms with Gasteiger partial charge in [0, 0.05) is 17.8 Å².